The van der Waals surface area contributed by atoms with Crippen LogP contribution in [0.15, 0.2) is 41.6 Å². The van der Waals surface area contributed by atoms with Gasteiger partial charge >= 0.3 is 0 Å². The van der Waals surface area contributed by atoms with Crippen molar-refractivity contribution >= 4 is 16.9 Å². The summed E-state index contributed by atoms with van der Waals surface area (Å²) < 4.78 is 21.6. The molecule has 1 aliphatic carbocycles. The summed E-state index contributed by atoms with van der Waals surface area (Å²) >= 11 is 0. The number of methoxy groups -OCH3 is 1. The normalized spacial score (nSPS) is 22.4. The Morgan fingerprint density at radius 1 is 1.17 bits per heavy atom. The van der Waals surface area contributed by atoms with Gasteiger partial charge in [0.1, 0.15) is 17.5 Å². The number of halogens is 1. The first-order valence-electron chi connectivity index (χ1n) is 12.1. The first-order valence-corrected chi connectivity index (χ1v) is 12.1. The fourth-order valence-corrected chi connectivity index (χ4v) is 5.25. The summed E-state index contributed by atoms with van der Waals surface area (Å²) in [7, 11) is 1.72. The van der Waals surface area contributed by atoms with Crippen LogP contribution in [0.4, 0.5) is 4.39 Å². The molecule has 1 N–H and O–H groups in total. The summed E-state index contributed by atoms with van der Waals surface area (Å²) in [5.41, 5.74) is -0.438. The standard InChI is InChI=1S/C25H30FN5O4/c1-35-20-8-2-17(3-9-20)23(32)29-12-10-25(34,11-13-29)15-30-16-27-22-21(24(30)33)14-28-31(22)19-6-4-18(26)5-7-19/h4-7,14,16-17,20,34H,2-3,8-13,15H2,1H3/t17-,20-. The van der Waals surface area contributed by atoms with Crippen LogP contribution in [0.3, 0.4) is 0 Å². The van der Waals surface area contributed by atoms with Gasteiger partial charge in [-0.15, -0.1) is 0 Å². The quantitative estimate of drug-likeness (QED) is 0.597. The third-order valence-corrected chi connectivity index (χ3v) is 7.45. The van der Waals surface area contributed by atoms with Crippen LogP contribution in [-0.2, 0) is 16.1 Å². The van der Waals surface area contributed by atoms with Gasteiger partial charge < -0.3 is 14.7 Å². The Morgan fingerprint density at radius 3 is 2.51 bits per heavy atom. The van der Waals surface area contributed by atoms with Crippen molar-refractivity contribution in [3.8, 4) is 5.69 Å². The fourth-order valence-electron chi connectivity index (χ4n) is 5.25. The molecule has 1 amide bonds. The van der Waals surface area contributed by atoms with Crippen molar-refractivity contribution in [3.05, 3.63) is 53.0 Å². The van der Waals surface area contributed by atoms with E-state index in [1.165, 1.54) is 33.9 Å². The Morgan fingerprint density at radius 2 is 1.86 bits per heavy atom. The molecule has 0 spiro atoms. The number of rotatable bonds is 5. The van der Waals surface area contributed by atoms with Crippen molar-refractivity contribution in [1.82, 2.24) is 24.2 Å². The highest BCUT2D eigenvalue weighted by Gasteiger charge is 2.37. The van der Waals surface area contributed by atoms with E-state index in [0.29, 0.717) is 42.7 Å². The predicted octanol–water partition coefficient (Wildman–Crippen LogP) is 2.28. The minimum atomic E-state index is -1.10. The second-order valence-corrected chi connectivity index (χ2v) is 9.71. The van der Waals surface area contributed by atoms with Gasteiger partial charge in [0.15, 0.2) is 5.65 Å². The molecule has 10 heteroatoms. The maximum absolute atomic E-state index is 13.3. The molecule has 2 aromatic heterocycles. The molecule has 0 bridgehead atoms. The van der Waals surface area contributed by atoms with E-state index in [2.05, 4.69) is 10.1 Å². The van der Waals surface area contributed by atoms with Gasteiger partial charge in [-0.2, -0.15) is 5.10 Å². The van der Waals surface area contributed by atoms with Crippen LogP contribution in [0.1, 0.15) is 38.5 Å². The number of carbonyl (C=O) groups excluding carboxylic acids is 1. The first kappa shape index (κ1) is 23.6. The van der Waals surface area contributed by atoms with Gasteiger partial charge in [0.2, 0.25) is 5.91 Å². The summed E-state index contributed by atoms with van der Waals surface area (Å²) in [6.07, 6.45) is 7.37. The highest BCUT2D eigenvalue weighted by Crippen LogP contribution is 2.30. The largest absolute Gasteiger partial charge is 0.388 e. The molecule has 5 rings (SSSR count). The van der Waals surface area contributed by atoms with Gasteiger partial charge in [-0.25, -0.2) is 14.1 Å². The van der Waals surface area contributed by atoms with E-state index in [4.69, 9.17) is 4.74 Å². The van der Waals surface area contributed by atoms with Gasteiger partial charge in [0.05, 0.1) is 30.1 Å². The van der Waals surface area contributed by atoms with Gasteiger partial charge in [-0.05, 0) is 62.8 Å². The van der Waals surface area contributed by atoms with E-state index in [1.807, 2.05) is 4.90 Å². The fraction of sp³-hybridized carbons (Fsp3) is 0.520. The number of fused-ring (bicyclic) bond motifs is 1. The Hall–Kier alpha value is -3.11. The molecular weight excluding hydrogens is 453 g/mol. The summed E-state index contributed by atoms with van der Waals surface area (Å²) in [5.74, 6) is -0.172. The number of hydrogen-bond acceptors (Lipinski definition) is 6. The number of ether oxygens (including phenoxy) is 1. The van der Waals surface area contributed by atoms with Crippen LogP contribution < -0.4 is 5.56 Å². The number of benzene rings is 1. The number of amides is 1. The molecule has 2 fully saturated rings. The van der Waals surface area contributed by atoms with Crippen LogP contribution in [0.2, 0.25) is 0 Å². The Balaban J connectivity index is 1.26. The van der Waals surface area contributed by atoms with E-state index < -0.39 is 5.60 Å². The van der Waals surface area contributed by atoms with Gasteiger partial charge in [0, 0.05) is 26.1 Å². The number of nitrogens with zero attached hydrogens (tertiary/aromatic N) is 5. The highest BCUT2D eigenvalue weighted by molar-refractivity contribution is 5.79. The van der Waals surface area contributed by atoms with E-state index >= 15 is 0 Å². The lowest BCUT2D eigenvalue weighted by Crippen LogP contribution is -2.51. The van der Waals surface area contributed by atoms with Crippen LogP contribution >= 0.6 is 0 Å². The van der Waals surface area contributed by atoms with E-state index in [9.17, 15) is 19.1 Å². The predicted molar refractivity (Wildman–Crippen MR) is 127 cm³/mol. The average Bonchev–Trinajstić information content (AvgIpc) is 3.31. The summed E-state index contributed by atoms with van der Waals surface area (Å²) in [5, 5.41) is 15.8. The summed E-state index contributed by atoms with van der Waals surface area (Å²) in [6.45, 7) is 1.02. The van der Waals surface area contributed by atoms with Gasteiger partial charge in [0.25, 0.3) is 5.56 Å². The maximum atomic E-state index is 13.3. The van der Waals surface area contributed by atoms with Gasteiger partial charge in [-0.3, -0.25) is 14.2 Å². The Labute approximate surface area is 202 Å². The first-order chi connectivity index (χ1) is 16.9. The number of aromatic nitrogens is 4. The van der Waals surface area contributed by atoms with Crippen molar-refractivity contribution < 1.29 is 19.0 Å². The van der Waals surface area contributed by atoms with E-state index in [0.717, 1.165) is 25.7 Å². The monoisotopic (exact) mass is 483 g/mol. The highest BCUT2D eigenvalue weighted by atomic mass is 19.1. The SMILES string of the molecule is CO[C@H]1CC[C@H](C(=O)N2CCC(O)(Cn3cnc4c(cnn4-c4ccc(F)cc4)c3=O)CC2)CC1. The molecule has 2 aliphatic rings. The summed E-state index contributed by atoms with van der Waals surface area (Å²) in [4.78, 5) is 32.3. The molecule has 35 heavy (non-hydrogen) atoms. The van der Waals surface area contributed by atoms with E-state index in [-0.39, 0.29) is 35.9 Å². The van der Waals surface area contributed by atoms with Crippen LogP contribution in [0.5, 0.6) is 0 Å². The van der Waals surface area contributed by atoms with Crippen LogP contribution in [0, 0.1) is 11.7 Å². The second kappa shape index (κ2) is 9.50. The molecule has 3 heterocycles. The molecular formula is C25H30FN5O4. The van der Waals surface area contributed by atoms with E-state index in [1.54, 1.807) is 19.2 Å². The lowest BCUT2D eigenvalue weighted by Gasteiger charge is -2.40. The van der Waals surface area contributed by atoms with Crippen molar-refractivity contribution in [2.45, 2.75) is 56.8 Å². The number of hydrogen-bond donors (Lipinski definition) is 1. The lowest BCUT2D eigenvalue weighted by molar-refractivity contribution is -0.142. The smallest absolute Gasteiger partial charge is 0.264 e. The zero-order valence-corrected chi connectivity index (χ0v) is 19.8. The third kappa shape index (κ3) is 4.72. The molecule has 9 nitrogen and oxygen atoms in total. The molecule has 0 atom stereocenters. The van der Waals surface area contributed by atoms with Crippen LogP contribution in [-0.4, -0.2) is 67.1 Å². The van der Waals surface area contributed by atoms with Crippen LogP contribution in [0.25, 0.3) is 16.7 Å². The summed E-state index contributed by atoms with van der Waals surface area (Å²) in [6, 6.07) is 5.77. The van der Waals surface area contributed by atoms with Crippen molar-refractivity contribution in [2.75, 3.05) is 20.2 Å². The average molecular weight is 484 g/mol. The molecule has 186 valence electrons. The maximum Gasteiger partial charge on any atom is 0.264 e. The minimum Gasteiger partial charge on any atom is -0.388 e. The Bertz CT molecular complexity index is 1260. The molecule has 1 aliphatic heterocycles. The van der Waals surface area contributed by atoms with Crippen molar-refractivity contribution in [1.29, 1.82) is 0 Å². The molecule has 1 aromatic carbocycles. The van der Waals surface area contributed by atoms with Crippen molar-refractivity contribution in [3.63, 3.8) is 0 Å². The number of piperidine rings is 1. The number of carbonyl (C=O) groups is 1. The molecule has 3 aromatic rings. The molecule has 0 unspecified atom stereocenters. The second-order valence-electron chi connectivity index (χ2n) is 9.71. The lowest BCUT2D eigenvalue weighted by atomic mass is 9.85. The minimum absolute atomic E-state index is 0.0273. The molecule has 1 saturated carbocycles. The topological polar surface area (TPSA) is 102 Å². The number of aliphatic hydroxyl groups is 1. The molecule has 0 radical (unpaired) electrons. The number of likely N-dealkylation sites (tertiary alicyclic amines) is 1. The van der Waals surface area contributed by atoms with Crippen molar-refractivity contribution in [2.24, 2.45) is 5.92 Å². The third-order valence-electron chi connectivity index (χ3n) is 7.45. The van der Waals surface area contributed by atoms with Gasteiger partial charge in [-0.1, -0.05) is 0 Å². The zero-order chi connectivity index (χ0) is 24.6. The zero-order valence-electron chi connectivity index (χ0n) is 19.8. The Kier molecular flexibility index (Phi) is 6.41. The molecule has 1 saturated heterocycles.